The number of anilines is 2. The second-order valence-electron chi connectivity index (χ2n) is 4.50. The standard InChI is InChI=1S/C13H21N3O/c1-2-9-17-11-5-4-8-16(10-11)13-12(14)6-3-7-15-13/h3,6-7,11H,2,4-5,8-10,14H2,1H3. The lowest BCUT2D eigenvalue weighted by molar-refractivity contribution is 0.0439. The van der Waals surface area contributed by atoms with Gasteiger partial charge in [0.05, 0.1) is 11.8 Å². The van der Waals surface area contributed by atoms with Crippen molar-refractivity contribution >= 4 is 11.5 Å². The number of nitrogens with zero attached hydrogens (tertiary/aromatic N) is 2. The number of aromatic nitrogens is 1. The van der Waals surface area contributed by atoms with Crippen LogP contribution in [0.15, 0.2) is 18.3 Å². The molecule has 1 saturated heterocycles. The topological polar surface area (TPSA) is 51.4 Å². The first-order valence-corrected chi connectivity index (χ1v) is 6.38. The lowest BCUT2D eigenvalue weighted by Crippen LogP contribution is -2.40. The van der Waals surface area contributed by atoms with Gasteiger partial charge in [0.1, 0.15) is 0 Å². The molecule has 1 unspecified atom stereocenters. The minimum atomic E-state index is 0.324. The zero-order valence-corrected chi connectivity index (χ0v) is 10.4. The SMILES string of the molecule is CCCOC1CCCN(c2ncccc2N)C1. The Hall–Kier alpha value is -1.29. The molecular weight excluding hydrogens is 214 g/mol. The molecule has 94 valence electrons. The molecule has 4 nitrogen and oxygen atoms in total. The Morgan fingerprint density at radius 3 is 3.24 bits per heavy atom. The second-order valence-corrected chi connectivity index (χ2v) is 4.50. The van der Waals surface area contributed by atoms with Crippen molar-refractivity contribution in [1.82, 2.24) is 4.98 Å². The summed E-state index contributed by atoms with van der Waals surface area (Å²) in [5, 5.41) is 0. The summed E-state index contributed by atoms with van der Waals surface area (Å²) in [4.78, 5) is 6.60. The van der Waals surface area contributed by atoms with E-state index in [4.69, 9.17) is 10.5 Å². The molecule has 0 radical (unpaired) electrons. The highest BCUT2D eigenvalue weighted by molar-refractivity contribution is 5.62. The number of rotatable bonds is 4. The Morgan fingerprint density at radius 1 is 1.59 bits per heavy atom. The lowest BCUT2D eigenvalue weighted by Gasteiger charge is -2.33. The van der Waals surface area contributed by atoms with Crippen LogP contribution in [0.3, 0.4) is 0 Å². The van der Waals surface area contributed by atoms with E-state index in [0.29, 0.717) is 6.10 Å². The van der Waals surface area contributed by atoms with Gasteiger partial charge in [-0.25, -0.2) is 4.98 Å². The van der Waals surface area contributed by atoms with E-state index < -0.39 is 0 Å². The Kier molecular flexibility index (Phi) is 4.20. The molecule has 0 amide bonds. The summed E-state index contributed by atoms with van der Waals surface area (Å²) in [6.45, 7) is 4.90. The maximum Gasteiger partial charge on any atom is 0.151 e. The van der Waals surface area contributed by atoms with Gasteiger partial charge < -0.3 is 15.4 Å². The van der Waals surface area contributed by atoms with Crippen molar-refractivity contribution in [2.45, 2.75) is 32.3 Å². The third-order valence-corrected chi connectivity index (χ3v) is 3.05. The van der Waals surface area contributed by atoms with Crippen LogP contribution in [0.4, 0.5) is 11.5 Å². The predicted molar refractivity (Wildman–Crippen MR) is 70.1 cm³/mol. The average Bonchev–Trinajstić information content (AvgIpc) is 2.37. The highest BCUT2D eigenvalue weighted by Gasteiger charge is 2.22. The fraction of sp³-hybridized carbons (Fsp3) is 0.615. The Labute approximate surface area is 103 Å². The van der Waals surface area contributed by atoms with Crippen LogP contribution in [0.5, 0.6) is 0 Å². The summed E-state index contributed by atoms with van der Waals surface area (Å²) in [5.41, 5.74) is 6.71. The molecule has 2 heterocycles. The van der Waals surface area contributed by atoms with E-state index in [0.717, 1.165) is 50.5 Å². The van der Waals surface area contributed by atoms with Gasteiger partial charge in [-0.05, 0) is 31.4 Å². The number of pyridine rings is 1. The van der Waals surface area contributed by atoms with Gasteiger partial charge in [-0.2, -0.15) is 0 Å². The number of hydrogen-bond donors (Lipinski definition) is 1. The van der Waals surface area contributed by atoms with Crippen LogP contribution in [0, 0.1) is 0 Å². The van der Waals surface area contributed by atoms with Crippen molar-refractivity contribution in [3.8, 4) is 0 Å². The van der Waals surface area contributed by atoms with Gasteiger partial charge in [0.25, 0.3) is 0 Å². The maximum absolute atomic E-state index is 5.95. The number of piperidine rings is 1. The van der Waals surface area contributed by atoms with Gasteiger partial charge in [0.15, 0.2) is 5.82 Å². The molecule has 0 spiro atoms. The Balaban J connectivity index is 1.99. The molecule has 4 heteroatoms. The Bertz CT molecular complexity index is 356. The minimum absolute atomic E-state index is 0.324. The summed E-state index contributed by atoms with van der Waals surface area (Å²) in [5.74, 6) is 0.900. The zero-order chi connectivity index (χ0) is 12.1. The zero-order valence-electron chi connectivity index (χ0n) is 10.4. The van der Waals surface area contributed by atoms with Crippen LogP contribution in [0.2, 0.25) is 0 Å². The van der Waals surface area contributed by atoms with Crippen LogP contribution in [0.1, 0.15) is 26.2 Å². The average molecular weight is 235 g/mol. The molecule has 1 fully saturated rings. The van der Waals surface area contributed by atoms with E-state index >= 15 is 0 Å². The minimum Gasteiger partial charge on any atom is -0.396 e. The molecule has 17 heavy (non-hydrogen) atoms. The van der Waals surface area contributed by atoms with Crippen LogP contribution < -0.4 is 10.6 Å². The van der Waals surface area contributed by atoms with E-state index in [2.05, 4.69) is 16.8 Å². The third kappa shape index (κ3) is 3.09. The largest absolute Gasteiger partial charge is 0.396 e. The van der Waals surface area contributed by atoms with Gasteiger partial charge in [0, 0.05) is 25.9 Å². The summed E-state index contributed by atoms with van der Waals surface area (Å²) in [7, 11) is 0. The van der Waals surface area contributed by atoms with Crippen molar-refractivity contribution < 1.29 is 4.74 Å². The number of nitrogen functional groups attached to an aromatic ring is 1. The fourth-order valence-corrected chi connectivity index (χ4v) is 2.22. The molecule has 1 atom stereocenters. The van der Waals surface area contributed by atoms with Crippen molar-refractivity contribution in [2.75, 3.05) is 30.3 Å². The Morgan fingerprint density at radius 2 is 2.47 bits per heavy atom. The van der Waals surface area contributed by atoms with Gasteiger partial charge in [-0.15, -0.1) is 0 Å². The first kappa shape index (κ1) is 12.2. The van der Waals surface area contributed by atoms with Crippen molar-refractivity contribution in [2.24, 2.45) is 0 Å². The third-order valence-electron chi connectivity index (χ3n) is 3.05. The highest BCUT2D eigenvalue weighted by atomic mass is 16.5. The van der Waals surface area contributed by atoms with E-state index in [1.54, 1.807) is 6.20 Å². The molecule has 0 aromatic carbocycles. The van der Waals surface area contributed by atoms with Gasteiger partial charge in [-0.3, -0.25) is 0 Å². The molecule has 2 N–H and O–H groups in total. The number of nitrogens with two attached hydrogens (primary N) is 1. The van der Waals surface area contributed by atoms with Gasteiger partial charge in [-0.1, -0.05) is 6.92 Å². The molecule has 1 aromatic rings. The number of hydrogen-bond acceptors (Lipinski definition) is 4. The lowest BCUT2D eigenvalue weighted by atomic mass is 10.1. The fourth-order valence-electron chi connectivity index (χ4n) is 2.22. The van der Waals surface area contributed by atoms with Crippen molar-refractivity contribution in [3.05, 3.63) is 18.3 Å². The van der Waals surface area contributed by atoms with Gasteiger partial charge >= 0.3 is 0 Å². The quantitative estimate of drug-likeness (QED) is 0.868. The first-order valence-electron chi connectivity index (χ1n) is 6.38. The highest BCUT2D eigenvalue weighted by Crippen LogP contribution is 2.24. The predicted octanol–water partition coefficient (Wildman–Crippen LogP) is 2.06. The number of ether oxygens (including phenoxy) is 1. The van der Waals surface area contributed by atoms with E-state index in [-0.39, 0.29) is 0 Å². The summed E-state index contributed by atoms with van der Waals surface area (Å²) >= 11 is 0. The van der Waals surface area contributed by atoms with Gasteiger partial charge in [0.2, 0.25) is 0 Å². The van der Waals surface area contributed by atoms with Crippen LogP contribution in [0.25, 0.3) is 0 Å². The van der Waals surface area contributed by atoms with E-state index in [1.807, 2.05) is 12.1 Å². The van der Waals surface area contributed by atoms with Crippen LogP contribution >= 0.6 is 0 Å². The maximum atomic E-state index is 5.95. The smallest absolute Gasteiger partial charge is 0.151 e. The molecule has 1 aromatic heterocycles. The first-order chi connectivity index (χ1) is 8.31. The molecule has 0 bridgehead atoms. The summed E-state index contributed by atoms with van der Waals surface area (Å²) in [6.07, 6.45) is 5.48. The van der Waals surface area contributed by atoms with Crippen LogP contribution in [-0.4, -0.2) is 30.8 Å². The molecular formula is C13H21N3O. The molecule has 2 rings (SSSR count). The molecule has 0 aliphatic carbocycles. The van der Waals surface area contributed by atoms with E-state index in [9.17, 15) is 0 Å². The summed E-state index contributed by atoms with van der Waals surface area (Å²) in [6, 6.07) is 3.77. The molecule has 0 saturated carbocycles. The van der Waals surface area contributed by atoms with Crippen molar-refractivity contribution in [3.63, 3.8) is 0 Å². The summed E-state index contributed by atoms with van der Waals surface area (Å²) < 4.78 is 5.81. The monoisotopic (exact) mass is 235 g/mol. The molecule has 1 aliphatic rings. The normalized spacial score (nSPS) is 20.5. The van der Waals surface area contributed by atoms with Crippen LogP contribution in [-0.2, 0) is 4.74 Å². The van der Waals surface area contributed by atoms with Crippen molar-refractivity contribution in [1.29, 1.82) is 0 Å². The second kappa shape index (κ2) is 5.87. The van der Waals surface area contributed by atoms with E-state index in [1.165, 1.54) is 0 Å². The molecule has 1 aliphatic heterocycles.